The van der Waals surface area contributed by atoms with E-state index in [9.17, 15) is 5.11 Å². The van der Waals surface area contributed by atoms with Crippen LogP contribution in [0.1, 0.15) is 32.8 Å². The van der Waals surface area contributed by atoms with Crippen molar-refractivity contribution in [2.75, 3.05) is 19.7 Å². The van der Waals surface area contributed by atoms with Crippen molar-refractivity contribution >= 4 is 11.6 Å². The van der Waals surface area contributed by atoms with E-state index in [1.165, 1.54) is 5.56 Å². The first-order valence-corrected chi connectivity index (χ1v) is 8.10. The topological polar surface area (TPSA) is 41.5 Å². The van der Waals surface area contributed by atoms with Gasteiger partial charge in [-0.2, -0.15) is 0 Å². The van der Waals surface area contributed by atoms with Crippen LogP contribution in [0.2, 0.25) is 5.02 Å². The van der Waals surface area contributed by atoms with Gasteiger partial charge in [-0.1, -0.05) is 37.6 Å². The summed E-state index contributed by atoms with van der Waals surface area (Å²) in [5.41, 5.74) is 1.24. The number of aliphatic hydroxyl groups excluding tert-OH is 1. The summed E-state index contributed by atoms with van der Waals surface area (Å²) in [4.78, 5) is 0. The first-order valence-electron chi connectivity index (χ1n) is 7.72. The molecule has 21 heavy (non-hydrogen) atoms. The molecule has 0 aliphatic carbocycles. The molecule has 0 saturated heterocycles. The summed E-state index contributed by atoms with van der Waals surface area (Å²) >= 11 is 5.84. The van der Waals surface area contributed by atoms with Gasteiger partial charge in [-0.05, 0) is 49.9 Å². The van der Waals surface area contributed by atoms with Crippen LogP contribution in [0.15, 0.2) is 24.3 Å². The van der Waals surface area contributed by atoms with E-state index >= 15 is 0 Å². The Morgan fingerprint density at radius 3 is 2.48 bits per heavy atom. The van der Waals surface area contributed by atoms with Gasteiger partial charge >= 0.3 is 0 Å². The van der Waals surface area contributed by atoms with Crippen molar-refractivity contribution in [1.82, 2.24) is 5.32 Å². The molecule has 0 saturated carbocycles. The number of rotatable bonds is 10. The highest BCUT2D eigenvalue weighted by atomic mass is 35.5. The van der Waals surface area contributed by atoms with Crippen molar-refractivity contribution in [3.05, 3.63) is 34.9 Å². The second-order valence-corrected chi connectivity index (χ2v) is 6.44. The van der Waals surface area contributed by atoms with Crippen LogP contribution in [0.25, 0.3) is 0 Å². The van der Waals surface area contributed by atoms with Crippen molar-refractivity contribution in [3.8, 4) is 0 Å². The number of benzene rings is 1. The van der Waals surface area contributed by atoms with E-state index in [4.69, 9.17) is 16.3 Å². The Kier molecular flexibility index (Phi) is 8.93. The lowest BCUT2D eigenvalue weighted by atomic mass is 10.1. The first-order chi connectivity index (χ1) is 9.97. The maximum atomic E-state index is 9.86. The molecule has 120 valence electrons. The van der Waals surface area contributed by atoms with E-state index in [2.05, 4.69) is 26.1 Å². The lowest BCUT2D eigenvalue weighted by Crippen LogP contribution is -2.32. The minimum atomic E-state index is -0.454. The molecule has 3 nitrogen and oxygen atoms in total. The van der Waals surface area contributed by atoms with E-state index in [1.54, 1.807) is 0 Å². The SMILES string of the molecule is CC(C)CC(C)OCC(O)CNCCc1ccc(Cl)cc1. The molecule has 0 aliphatic heterocycles. The zero-order valence-corrected chi connectivity index (χ0v) is 14.1. The lowest BCUT2D eigenvalue weighted by Gasteiger charge is -2.18. The van der Waals surface area contributed by atoms with Gasteiger partial charge in [0.15, 0.2) is 0 Å². The molecule has 1 aromatic carbocycles. The van der Waals surface area contributed by atoms with Gasteiger partial charge in [0.25, 0.3) is 0 Å². The summed E-state index contributed by atoms with van der Waals surface area (Å²) in [6.45, 7) is 8.19. The number of hydrogen-bond acceptors (Lipinski definition) is 3. The maximum absolute atomic E-state index is 9.86. The number of aliphatic hydroxyl groups is 1. The third-order valence-electron chi connectivity index (χ3n) is 3.26. The third kappa shape index (κ3) is 9.10. The highest BCUT2D eigenvalue weighted by molar-refractivity contribution is 6.30. The van der Waals surface area contributed by atoms with E-state index in [-0.39, 0.29) is 6.10 Å². The second-order valence-electron chi connectivity index (χ2n) is 6.01. The normalized spacial score (nSPS) is 14.4. The molecule has 2 N–H and O–H groups in total. The van der Waals surface area contributed by atoms with Crippen molar-refractivity contribution in [3.63, 3.8) is 0 Å². The highest BCUT2D eigenvalue weighted by Gasteiger charge is 2.09. The molecule has 0 heterocycles. The average Bonchev–Trinajstić information content (AvgIpc) is 2.42. The Bertz CT molecular complexity index is 381. The van der Waals surface area contributed by atoms with Crippen molar-refractivity contribution < 1.29 is 9.84 Å². The van der Waals surface area contributed by atoms with Crippen LogP contribution < -0.4 is 5.32 Å². The van der Waals surface area contributed by atoms with Crippen LogP contribution >= 0.6 is 11.6 Å². The summed E-state index contributed by atoms with van der Waals surface area (Å²) in [5, 5.41) is 13.9. The molecule has 0 aromatic heterocycles. The highest BCUT2D eigenvalue weighted by Crippen LogP contribution is 2.09. The van der Waals surface area contributed by atoms with E-state index in [1.807, 2.05) is 24.3 Å². The Balaban J connectivity index is 2.07. The molecule has 0 spiro atoms. The van der Waals surface area contributed by atoms with Gasteiger partial charge in [-0.15, -0.1) is 0 Å². The van der Waals surface area contributed by atoms with Crippen LogP contribution in [-0.2, 0) is 11.2 Å². The molecule has 2 atom stereocenters. The van der Waals surface area contributed by atoms with Gasteiger partial charge in [0.1, 0.15) is 0 Å². The largest absolute Gasteiger partial charge is 0.389 e. The van der Waals surface area contributed by atoms with Gasteiger partial charge in [-0.25, -0.2) is 0 Å². The molecule has 0 amide bonds. The molecule has 0 radical (unpaired) electrons. The molecule has 1 aromatic rings. The molecular weight excluding hydrogens is 286 g/mol. The second kappa shape index (κ2) is 10.2. The van der Waals surface area contributed by atoms with Crippen molar-refractivity contribution in [2.45, 2.75) is 45.8 Å². The number of halogens is 1. The zero-order chi connectivity index (χ0) is 15.7. The van der Waals surface area contributed by atoms with E-state index in [0.29, 0.717) is 19.1 Å². The molecule has 1 rings (SSSR count). The first kappa shape index (κ1) is 18.4. The zero-order valence-electron chi connectivity index (χ0n) is 13.3. The van der Waals surface area contributed by atoms with Gasteiger partial charge in [0.2, 0.25) is 0 Å². The standard InChI is InChI=1S/C17H28ClNO2/c1-13(2)10-14(3)21-12-17(20)11-19-9-8-15-4-6-16(18)7-5-15/h4-7,13-14,17,19-20H,8-12H2,1-3H3. The van der Waals surface area contributed by atoms with Gasteiger partial charge in [0.05, 0.1) is 18.8 Å². The van der Waals surface area contributed by atoms with Gasteiger partial charge < -0.3 is 15.2 Å². The van der Waals surface area contributed by atoms with Crippen LogP contribution in [0.3, 0.4) is 0 Å². The number of nitrogens with one attached hydrogen (secondary N) is 1. The third-order valence-corrected chi connectivity index (χ3v) is 3.51. The Hall–Kier alpha value is -0.610. The lowest BCUT2D eigenvalue weighted by molar-refractivity contribution is -0.00839. The van der Waals surface area contributed by atoms with E-state index in [0.717, 1.165) is 24.4 Å². The summed E-state index contributed by atoms with van der Waals surface area (Å²) in [7, 11) is 0. The maximum Gasteiger partial charge on any atom is 0.0897 e. The average molecular weight is 314 g/mol. The summed E-state index contributed by atoms with van der Waals surface area (Å²) in [5.74, 6) is 0.620. The van der Waals surface area contributed by atoms with Gasteiger partial charge in [-0.3, -0.25) is 0 Å². The van der Waals surface area contributed by atoms with Crippen LogP contribution in [-0.4, -0.2) is 37.0 Å². The van der Waals surface area contributed by atoms with Crippen molar-refractivity contribution in [2.24, 2.45) is 5.92 Å². The quantitative estimate of drug-likeness (QED) is 0.651. The Morgan fingerprint density at radius 2 is 1.86 bits per heavy atom. The van der Waals surface area contributed by atoms with E-state index < -0.39 is 6.10 Å². The summed E-state index contributed by atoms with van der Waals surface area (Å²) in [6.07, 6.45) is 1.70. The van der Waals surface area contributed by atoms with Crippen LogP contribution in [0.5, 0.6) is 0 Å². The van der Waals surface area contributed by atoms with Gasteiger partial charge in [0, 0.05) is 11.6 Å². The predicted octanol–water partition coefficient (Wildman–Crippen LogP) is 3.28. The smallest absolute Gasteiger partial charge is 0.0897 e. The van der Waals surface area contributed by atoms with Crippen molar-refractivity contribution in [1.29, 1.82) is 0 Å². The fourth-order valence-electron chi connectivity index (χ4n) is 2.22. The number of ether oxygens (including phenoxy) is 1. The molecule has 2 unspecified atom stereocenters. The van der Waals surface area contributed by atoms with Crippen LogP contribution in [0, 0.1) is 5.92 Å². The molecule has 0 bridgehead atoms. The summed E-state index contributed by atoms with van der Waals surface area (Å²) < 4.78 is 5.64. The molecule has 0 fully saturated rings. The Morgan fingerprint density at radius 1 is 1.19 bits per heavy atom. The molecule has 4 heteroatoms. The minimum Gasteiger partial charge on any atom is -0.389 e. The Labute approximate surface area is 133 Å². The predicted molar refractivity (Wildman–Crippen MR) is 88.9 cm³/mol. The molecule has 0 aliphatic rings. The fourth-order valence-corrected chi connectivity index (χ4v) is 2.34. The minimum absolute atomic E-state index is 0.203. The van der Waals surface area contributed by atoms with Crippen LogP contribution in [0.4, 0.5) is 0 Å². The molecular formula is C17H28ClNO2. The monoisotopic (exact) mass is 313 g/mol. The fraction of sp³-hybridized carbons (Fsp3) is 0.647. The summed E-state index contributed by atoms with van der Waals surface area (Å²) in [6, 6.07) is 7.85. The number of hydrogen-bond donors (Lipinski definition) is 2.